The van der Waals surface area contributed by atoms with Crippen LogP contribution in [0.4, 0.5) is 0 Å². The van der Waals surface area contributed by atoms with Crippen LogP contribution in [0.25, 0.3) is 0 Å². The van der Waals surface area contributed by atoms with Crippen LogP contribution < -0.4 is 0 Å². The molecule has 0 saturated heterocycles. The lowest BCUT2D eigenvalue weighted by molar-refractivity contribution is -0.314. The van der Waals surface area contributed by atoms with Gasteiger partial charge in [-0.3, -0.25) is 0 Å². The van der Waals surface area contributed by atoms with Gasteiger partial charge in [-0.2, -0.15) is 0 Å². The lowest BCUT2D eigenvalue weighted by Gasteiger charge is -2.75. The molecule has 10 atom stereocenters. The van der Waals surface area contributed by atoms with Gasteiger partial charge in [-0.25, -0.2) is 0 Å². The second kappa shape index (κ2) is 3.51. The van der Waals surface area contributed by atoms with Crippen LogP contribution in [-0.4, -0.2) is 24.4 Å². The summed E-state index contributed by atoms with van der Waals surface area (Å²) >= 11 is 0. The van der Waals surface area contributed by atoms with Gasteiger partial charge in [0.1, 0.15) is 0 Å². The van der Waals surface area contributed by atoms with Gasteiger partial charge >= 0.3 is 0 Å². The number of hydrogen-bond acceptors (Lipinski definition) is 2. The Morgan fingerprint density at radius 1 is 0.640 bits per heavy atom. The molecule has 2 heterocycles. The van der Waals surface area contributed by atoms with Crippen molar-refractivity contribution < 1.29 is 9.47 Å². The molecule has 6 aliphatic carbocycles. The minimum Gasteiger partial charge on any atom is -0.369 e. The Balaban J connectivity index is 1.49. The van der Waals surface area contributed by atoms with Crippen molar-refractivity contribution in [3.63, 3.8) is 0 Å². The average molecular weight is 332 g/mol. The molecule has 0 radical (unpaired) electrons. The summed E-state index contributed by atoms with van der Waals surface area (Å²) < 4.78 is 13.7. The van der Waals surface area contributed by atoms with Gasteiger partial charge in [0.15, 0.2) is 0 Å². The fourth-order valence-electron chi connectivity index (χ4n) is 10.6. The highest BCUT2D eigenvalue weighted by Crippen LogP contribution is 2.99. The first-order valence-electron chi connectivity index (χ1n) is 10.3. The van der Waals surface area contributed by atoms with Crippen molar-refractivity contribution in [3.05, 3.63) is 48.6 Å². The van der Waals surface area contributed by atoms with Gasteiger partial charge in [0, 0.05) is 10.8 Å². The molecule has 0 amide bonds. The molecule has 4 unspecified atom stereocenters. The molecular weight excluding hydrogens is 308 g/mol. The summed E-state index contributed by atoms with van der Waals surface area (Å²) in [7, 11) is 0. The monoisotopic (exact) mass is 332 g/mol. The van der Waals surface area contributed by atoms with E-state index in [1.165, 1.54) is 6.42 Å². The quantitative estimate of drug-likeness (QED) is 0.630. The minimum absolute atomic E-state index is 0.0422. The number of rotatable bonds is 0. The van der Waals surface area contributed by atoms with Gasteiger partial charge < -0.3 is 9.47 Å². The molecule has 2 nitrogen and oxygen atoms in total. The van der Waals surface area contributed by atoms with E-state index >= 15 is 0 Å². The zero-order chi connectivity index (χ0) is 16.1. The van der Waals surface area contributed by atoms with Crippen LogP contribution in [0.15, 0.2) is 48.6 Å². The van der Waals surface area contributed by atoms with E-state index in [9.17, 15) is 0 Å². The van der Waals surface area contributed by atoms with E-state index < -0.39 is 0 Å². The number of fused-ring (bicyclic) bond motifs is 3. The van der Waals surface area contributed by atoms with E-state index in [1.54, 1.807) is 0 Å². The van der Waals surface area contributed by atoms with Crippen molar-refractivity contribution in [2.75, 3.05) is 13.2 Å². The Hall–Kier alpha value is -1.12. The minimum atomic E-state index is 0.0422. The van der Waals surface area contributed by atoms with Crippen LogP contribution in [0.1, 0.15) is 19.3 Å². The summed E-state index contributed by atoms with van der Waals surface area (Å²) in [5.74, 6) is 4.87. The molecule has 2 aliphatic heterocycles. The van der Waals surface area contributed by atoms with E-state index in [4.69, 9.17) is 9.47 Å². The second-order valence-corrected chi connectivity index (χ2v) is 9.87. The lowest BCUT2D eigenvalue weighted by Crippen LogP contribution is -2.78. The van der Waals surface area contributed by atoms with Crippen molar-refractivity contribution in [2.24, 2.45) is 46.3 Å². The van der Waals surface area contributed by atoms with Crippen LogP contribution in [0.2, 0.25) is 0 Å². The van der Waals surface area contributed by atoms with Crippen molar-refractivity contribution in [1.82, 2.24) is 0 Å². The van der Waals surface area contributed by atoms with Crippen LogP contribution in [0.3, 0.4) is 0 Å². The molecule has 4 spiro atoms. The van der Waals surface area contributed by atoms with Gasteiger partial charge in [0.05, 0.1) is 24.4 Å². The molecule has 8 aliphatic rings. The molecule has 2 heteroatoms. The molecule has 25 heavy (non-hydrogen) atoms. The Labute approximate surface area is 148 Å². The summed E-state index contributed by atoms with van der Waals surface area (Å²) in [6.07, 6.45) is 22.9. The molecule has 2 bridgehead atoms. The van der Waals surface area contributed by atoms with Gasteiger partial charge in [-0.05, 0) is 54.8 Å². The van der Waals surface area contributed by atoms with E-state index in [0.29, 0.717) is 11.8 Å². The van der Waals surface area contributed by atoms with Gasteiger partial charge in [0.2, 0.25) is 0 Å². The number of hydrogen-bond donors (Lipinski definition) is 0. The standard InChI is InChI=1S/C23H24O2/c1-2-8-21-17-15-13-14-16(17)20(21,7-1)22(9-3-5-11-24-22)18(14)19(15)23(21)10-4-6-12-25-23/h1-8,14-19H,9-13H2/t14-,15+,16?,17?,18?,19?,20-,21-,22-,23+/m0/s1. The smallest absolute Gasteiger partial charge is 0.0858 e. The average Bonchev–Trinajstić information content (AvgIpc) is 3.22. The molecule has 0 N–H and O–H groups in total. The third-order valence-corrected chi connectivity index (χ3v) is 10.3. The fourth-order valence-corrected chi connectivity index (χ4v) is 10.6. The van der Waals surface area contributed by atoms with Crippen LogP contribution >= 0.6 is 0 Å². The molecule has 5 fully saturated rings. The van der Waals surface area contributed by atoms with Crippen molar-refractivity contribution in [3.8, 4) is 0 Å². The predicted molar refractivity (Wildman–Crippen MR) is 93.6 cm³/mol. The fraction of sp³-hybridized carbons (Fsp3) is 0.652. The van der Waals surface area contributed by atoms with Gasteiger partial charge in [-0.15, -0.1) is 0 Å². The molecular formula is C23H24O2. The Morgan fingerprint density at radius 2 is 1.16 bits per heavy atom. The summed E-state index contributed by atoms with van der Waals surface area (Å²) in [6.45, 7) is 1.61. The van der Waals surface area contributed by atoms with E-state index in [-0.39, 0.29) is 22.0 Å². The first-order valence-corrected chi connectivity index (χ1v) is 10.3. The molecule has 0 aromatic rings. The summed E-state index contributed by atoms with van der Waals surface area (Å²) in [6, 6.07) is 0. The predicted octanol–water partition coefficient (Wildman–Crippen LogP) is 3.67. The molecule has 5 saturated carbocycles. The highest BCUT2D eigenvalue weighted by molar-refractivity contribution is 5.57. The third kappa shape index (κ3) is 0.873. The molecule has 128 valence electrons. The maximum Gasteiger partial charge on any atom is 0.0858 e. The topological polar surface area (TPSA) is 18.5 Å². The Bertz CT molecular complexity index is 769. The first kappa shape index (κ1) is 13.1. The second-order valence-electron chi connectivity index (χ2n) is 9.87. The first-order chi connectivity index (χ1) is 12.3. The van der Waals surface area contributed by atoms with Crippen LogP contribution in [-0.2, 0) is 9.47 Å². The van der Waals surface area contributed by atoms with Gasteiger partial charge in [0.25, 0.3) is 0 Å². The SMILES string of the molecule is C1=C[C@]23C4C5[C@H]6C[C@@H]4C(C6[C@]4(CC=CCO4)[C@@]52C=C1)[C@@]31CC=CCO1. The van der Waals surface area contributed by atoms with Crippen molar-refractivity contribution in [1.29, 1.82) is 0 Å². The highest BCUT2D eigenvalue weighted by Gasteiger charge is 3.01. The lowest BCUT2D eigenvalue weighted by atomic mass is 9.31. The summed E-state index contributed by atoms with van der Waals surface area (Å²) in [5, 5.41) is 0. The maximum absolute atomic E-state index is 6.83. The maximum atomic E-state index is 6.83. The van der Waals surface area contributed by atoms with E-state index in [0.717, 1.165) is 49.7 Å². The number of ether oxygens (including phenoxy) is 2. The summed E-state index contributed by atoms with van der Waals surface area (Å²) in [5.41, 5.74) is 0.458. The Morgan fingerprint density at radius 3 is 1.60 bits per heavy atom. The van der Waals surface area contributed by atoms with Gasteiger partial charge in [-0.1, -0.05) is 48.6 Å². The largest absolute Gasteiger partial charge is 0.369 e. The zero-order valence-corrected chi connectivity index (χ0v) is 14.4. The normalized spacial score (nSPS) is 68.5. The van der Waals surface area contributed by atoms with Crippen LogP contribution in [0, 0.1) is 46.3 Å². The molecule has 8 rings (SSSR count). The third-order valence-electron chi connectivity index (χ3n) is 10.3. The molecule has 0 aromatic carbocycles. The van der Waals surface area contributed by atoms with Crippen molar-refractivity contribution in [2.45, 2.75) is 30.5 Å². The molecule has 0 aromatic heterocycles. The Kier molecular flexibility index (Phi) is 1.84. The summed E-state index contributed by atoms with van der Waals surface area (Å²) in [4.78, 5) is 0. The van der Waals surface area contributed by atoms with E-state index in [1.807, 2.05) is 0 Å². The zero-order valence-electron chi connectivity index (χ0n) is 14.4. The van der Waals surface area contributed by atoms with Crippen LogP contribution in [0.5, 0.6) is 0 Å². The van der Waals surface area contributed by atoms with Crippen molar-refractivity contribution >= 4 is 0 Å². The number of allylic oxidation sites excluding steroid dienone is 2. The highest BCUT2D eigenvalue weighted by atomic mass is 16.5. The van der Waals surface area contributed by atoms with E-state index in [2.05, 4.69) is 48.6 Å².